The molecule has 1 amide bonds. The molecule has 5 nitrogen and oxygen atoms in total. The second-order valence-electron chi connectivity index (χ2n) is 3.93. The van der Waals surface area contributed by atoms with E-state index < -0.39 is 0 Å². The lowest BCUT2D eigenvalue weighted by Gasteiger charge is -2.02. The number of guanidine groups is 1. The maximum Gasteiger partial charge on any atom is 0.356 e. The van der Waals surface area contributed by atoms with E-state index in [1.807, 2.05) is 31.2 Å². The van der Waals surface area contributed by atoms with Crippen molar-refractivity contribution in [3.8, 4) is 5.75 Å². The molecule has 0 aliphatic carbocycles. The predicted octanol–water partition coefficient (Wildman–Crippen LogP) is 0.513. The van der Waals surface area contributed by atoms with Crippen LogP contribution in [0.3, 0.4) is 0 Å². The van der Waals surface area contributed by atoms with Crippen molar-refractivity contribution in [2.45, 2.75) is 6.92 Å². The molecule has 0 spiro atoms. The summed E-state index contributed by atoms with van der Waals surface area (Å²) in [4.78, 5) is 11.6. The van der Waals surface area contributed by atoms with Gasteiger partial charge in [-0.2, -0.15) is 0 Å². The van der Waals surface area contributed by atoms with E-state index in [2.05, 4.69) is 5.32 Å². The molecule has 0 saturated carbocycles. The average molecular weight is 246 g/mol. The Morgan fingerprint density at radius 3 is 2.56 bits per heavy atom. The molecule has 18 heavy (non-hydrogen) atoms. The number of nitrogens with one attached hydrogen (secondary N) is 1. The fourth-order valence-electron chi connectivity index (χ4n) is 1.69. The summed E-state index contributed by atoms with van der Waals surface area (Å²) < 4.78 is 6.98. The maximum atomic E-state index is 11.6. The Hall–Kier alpha value is -2.30. The third-order valence-corrected chi connectivity index (χ3v) is 2.69. The number of carbonyl (C=O) groups is 1. The van der Waals surface area contributed by atoms with Gasteiger partial charge in [-0.15, -0.1) is 0 Å². The van der Waals surface area contributed by atoms with Gasteiger partial charge in [0, 0.05) is 0 Å². The van der Waals surface area contributed by atoms with Crippen LogP contribution in [0.25, 0.3) is 6.08 Å². The quantitative estimate of drug-likeness (QED) is 0.603. The number of ether oxygens (including phenoxy) is 1. The van der Waals surface area contributed by atoms with Crippen LogP contribution in [0.1, 0.15) is 12.5 Å². The van der Waals surface area contributed by atoms with E-state index in [-0.39, 0.29) is 5.91 Å². The molecule has 0 atom stereocenters. The maximum absolute atomic E-state index is 11.6. The van der Waals surface area contributed by atoms with Crippen molar-refractivity contribution in [3.63, 3.8) is 0 Å². The Morgan fingerprint density at radius 1 is 1.39 bits per heavy atom. The van der Waals surface area contributed by atoms with Crippen LogP contribution in [-0.2, 0) is 4.79 Å². The number of rotatable bonds is 3. The summed E-state index contributed by atoms with van der Waals surface area (Å²) in [6, 6.07) is 7.53. The van der Waals surface area contributed by atoms with Crippen molar-refractivity contribution in [3.05, 3.63) is 35.5 Å². The lowest BCUT2D eigenvalue weighted by Crippen LogP contribution is -2.32. The number of hydrogen-bond donors (Lipinski definition) is 2. The van der Waals surface area contributed by atoms with Crippen LogP contribution >= 0.6 is 0 Å². The number of nitrogens with zero attached hydrogens (tertiary/aromatic N) is 1. The zero-order chi connectivity index (χ0) is 13.1. The van der Waals surface area contributed by atoms with E-state index >= 15 is 0 Å². The van der Waals surface area contributed by atoms with Crippen molar-refractivity contribution in [2.24, 2.45) is 5.73 Å². The largest absolute Gasteiger partial charge is 0.494 e. The highest BCUT2D eigenvalue weighted by Crippen LogP contribution is 2.15. The summed E-state index contributed by atoms with van der Waals surface area (Å²) in [5, 5.41) is 2.56. The molecule has 0 bridgehead atoms. The normalized spacial score (nSPS) is 17.2. The number of amides is 1. The van der Waals surface area contributed by atoms with Crippen LogP contribution in [-0.4, -0.2) is 30.1 Å². The van der Waals surface area contributed by atoms with Gasteiger partial charge in [0.1, 0.15) is 5.75 Å². The minimum atomic E-state index is -0.191. The molecule has 94 valence electrons. The van der Waals surface area contributed by atoms with Crippen molar-refractivity contribution in [1.82, 2.24) is 5.32 Å². The number of hydrogen-bond acceptors (Lipinski definition) is 3. The summed E-state index contributed by atoms with van der Waals surface area (Å²) in [7, 11) is 1.74. The van der Waals surface area contributed by atoms with Gasteiger partial charge < -0.3 is 4.74 Å². The predicted molar refractivity (Wildman–Crippen MR) is 69.1 cm³/mol. The smallest absolute Gasteiger partial charge is 0.356 e. The second-order valence-corrected chi connectivity index (χ2v) is 3.93. The van der Waals surface area contributed by atoms with Gasteiger partial charge in [0.2, 0.25) is 0 Å². The lowest BCUT2D eigenvalue weighted by molar-refractivity contribution is -0.432. The zero-order valence-corrected chi connectivity index (χ0v) is 10.4. The fraction of sp³-hybridized carbons (Fsp3) is 0.231. The van der Waals surface area contributed by atoms with Crippen LogP contribution in [0.4, 0.5) is 0 Å². The Labute approximate surface area is 106 Å². The van der Waals surface area contributed by atoms with Crippen molar-refractivity contribution in [2.75, 3.05) is 13.7 Å². The summed E-state index contributed by atoms with van der Waals surface area (Å²) in [5.74, 6) is 0.969. The van der Waals surface area contributed by atoms with E-state index in [1.54, 1.807) is 17.7 Å². The van der Waals surface area contributed by atoms with E-state index in [4.69, 9.17) is 10.5 Å². The van der Waals surface area contributed by atoms with E-state index in [0.717, 1.165) is 11.3 Å². The first kappa shape index (κ1) is 12.2. The average Bonchev–Trinajstić information content (AvgIpc) is 2.59. The third-order valence-electron chi connectivity index (χ3n) is 2.69. The Morgan fingerprint density at radius 2 is 2.06 bits per heavy atom. The van der Waals surface area contributed by atoms with Crippen molar-refractivity contribution in [1.29, 1.82) is 0 Å². The van der Waals surface area contributed by atoms with Gasteiger partial charge in [-0.3, -0.25) is 5.73 Å². The number of benzene rings is 1. The van der Waals surface area contributed by atoms with Crippen LogP contribution in [0.2, 0.25) is 0 Å². The van der Waals surface area contributed by atoms with Gasteiger partial charge in [-0.1, -0.05) is 12.1 Å². The monoisotopic (exact) mass is 246 g/mol. The van der Waals surface area contributed by atoms with Crippen molar-refractivity contribution >= 4 is 17.9 Å². The molecule has 0 saturated heterocycles. The number of nitrogens with two attached hydrogens (primary N) is 1. The van der Waals surface area contributed by atoms with Crippen LogP contribution in [0.5, 0.6) is 5.75 Å². The van der Waals surface area contributed by atoms with E-state index in [9.17, 15) is 4.79 Å². The Bertz CT molecular complexity index is 530. The highest BCUT2D eigenvalue weighted by molar-refractivity contribution is 6.08. The van der Waals surface area contributed by atoms with Gasteiger partial charge in [0.25, 0.3) is 0 Å². The van der Waals surface area contributed by atoms with Gasteiger partial charge in [0.05, 0.1) is 13.7 Å². The minimum Gasteiger partial charge on any atom is -0.494 e. The highest BCUT2D eigenvalue weighted by atomic mass is 16.5. The molecule has 1 aliphatic rings. The van der Waals surface area contributed by atoms with Crippen LogP contribution < -0.4 is 15.8 Å². The lowest BCUT2D eigenvalue weighted by atomic mass is 10.2. The molecule has 0 radical (unpaired) electrons. The summed E-state index contributed by atoms with van der Waals surface area (Å²) in [5.41, 5.74) is 7.07. The summed E-state index contributed by atoms with van der Waals surface area (Å²) in [6.45, 7) is 2.57. The van der Waals surface area contributed by atoms with Gasteiger partial charge >= 0.3 is 11.9 Å². The summed E-state index contributed by atoms with van der Waals surface area (Å²) in [6.07, 6.45) is 1.78. The first-order valence-corrected chi connectivity index (χ1v) is 5.74. The van der Waals surface area contributed by atoms with Crippen LogP contribution in [0, 0.1) is 0 Å². The molecule has 2 rings (SSSR count). The molecule has 0 aromatic heterocycles. The van der Waals surface area contributed by atoms with Crippen LogP contribution in [0.15, 0.2) is 30.0 Å². The highest BCUT2D eigenvalue weighted by Gasteiger charge is 2.28. The molecule has 1 aromatic carbocycles. The third kappa shape index (κ3) is 2.34. The second kappa shape index (κ2) is 4.91. The van der Waals surface area contributed by atoms with E-state index in [0.29, 0.717) is 18.3 Å². The summed E-state index contributed by atoms with van der Waals surface area (Å²) >= 11 is 0. The molecule has 0 unspecified atom stereocenters. The fourth-order valence-corrected chi connectivity index (χ4v) is 1.69. The Balaban J connectivity index is 2.25. The Kier molecular flexibility index (Phi) is 3.32. The molecular weight excluding hydrogens is 230 g/mol. The molecule has 0 fully saturated rings. The molecule has 5 heteroatoms. The van der Waals surface area contributed by atoms with Gasteiger partial charge in [-0.25, -0.2) is 14.7 Å². The first-order chi connectivity index (χ1) is 8.61. The molecule has 3 N–H and O–H groups in total. The zero-order valence-electron chi connectivity index (χ0n) is 10.4. The minimum absolute atomic E-state index is 0.191. The molecule has 1 aromatic rings. The van der Waals surface area contributed by atoms with Gasteiger partial charge in [-0.05, 0) is 30.7 Å². The first-order valence-electron chi connectivity index (χ1n) is 5.74. The van der Waals surface area contributed by atoms with E-state index in [1.165, 1.54) is 0 Å². The molecule has 1 aliphatic heterocycles. The number of carbonyl (C=O) groups excluding carboxylic acids is 1. The van der Waals surface area contributed by atoms with Gasteiger partial charge in [0.15, 0.2) is 5.70 Å². The standard InChI is InChI=1S/C13H15N3O2/c1-3-18-10-6-4-9(5-7-10)8-11-12(17)15-13(14)16(11)2/h4-8H,3H2,1-2H3,(H2,14,15,17)/p+1/b11-8+. The topological polar surface area (TPSA) is 67.4 Å². The van der Waals surface area contributed by atoms with Crippen molar-refractivity contribution < 1.29 is 14.1 Å². The number of likely N-dealkylation sites (N-methyl/N-ethyl adjacent to an activating group) is 1. The SMILES string of the molecule is CCOc1ccc(/C=C2\C(=O)NC(N)=[N+]2C)cc1. The molecule has 1 heterocycles. The molecular formula is C13H16N3O2+.